The van der Waals surface area contributed by atoms with Crippen LogP contribution in [0.25, 0.3) is 11.1 Å². The van der Waals surface area contributed by atoms with E-state index >= 15 is 0 Å². The highest BCUT2D eigenvalue weighted by atomic mass is 16.5. The van der Waals surface area contributed by atoms with E-state index in [1.807, 2.05) is 0 Å². The fourth-order valence-electron chi connectivity index (χ4n) is 2.59. The lowest BCUT2D eigenvalue weighted by molar-refractivity contribution is 0.0920. The van der Waals surface area contributed by atoms with Gasteiger partial charge >= 0.3 is 0 Å². The van der Waals surface area contributed by atoms with Crippen molar-refractivity contribution in [3.8, 4) is 0 Å². The molecule has 1 N–H and O–H groups in total. The third kappa shape index (κ3) is 2.19. The van der Waals surface area contributed by atoms with Crippen LogP contribution >= 0.6 is 0 Å². The Morgan fingerprint density at radius 2 is 2.15 bits per heavy atom. The van der Waals surface area contributed by atoms with Crippen LogP contribution in [0.4, 0.5) is 0 Å². The fraction of sp³-hybridized carbons (Fsp3) is 0.538. The van der Waals surface area contributed by atoms with Gasteiger partial charge in [-0.1, -0.05) is 24.4 Å². The molecule has 1 aliphatic carbocycles. The Morgan fingerprint density at radius 1 is 1.40 bits per heavy atom. The number of nitrogens with one attached hydrogen (secondary N) is 1. The number of amides is 1. The second-order valence-corrected chi connectivity index (χ2v) is 5.18. The summed E-state index contributed by atoms with van der Waals surface area (Å²) in [6, 6.07) is 0.156. The van der Waals surface area contributed by atoms with Gasteiger partial charge in [0.15, 0.2) is 5.69 Å². The second kappa shape index (κ2) is 5.07. The van der Waals surface area contributed by atoms with Crippen LogP contribution in [0.15, 0.2) is 15.6 Å². The summed E-state index contributed by atoms with van der Waals surface area (Å²) >= 11 is 0. The normalized spacial score (nSPS) is 16.4. The van der Waals surface area contributed by atoms with Gasteiger partial charge in [0.2, 0.25) is 0 Å². The third-order valence-corrected chi connectivity index (χ3v) is 3.71. The molecule has 1 amide bonds. The van der Waals surface area contributed by atoms with Gasteiger partial charge in [0.05, 0.1) is 0 Å². The maximum absolute atomic E-state index is 12.2. The summed E-state index contributed by atoms with van der Waals surface area (Å²) in [5.74, 6) is -0.360. The molecule has 0 atom stereocenters. The van der Waals surface area contributed by atoms with E-state index in [2.05, 4.69) is 15.5 Å². The molecular formula is C13H16N4O3. The molecule has 0 bridgehead atoms. The maximum Gasteiger partial charge on any atom is 0.274 e. The highest BCUT2D eigenvalue weighted by molar-refractivity contribution is 6.03. The van der Waals surface area contributed by atoms with Gasteiger partial charge in [0.1, 0.15) is 11.7 Å². The van der Waals surface area contributed by atoms with Crippen LogP contribution in [-0.2, 0) is 7.05 Å². The van der Waals surface area contributed by atoms with Gasteiger partial charge in [0, 0.05) is 13.1 Å². The number of hydrogen-bond acceptors (Lipinski definition) is 5. The predicted octanol–water partition coefficient (Wildman–Crippen LogP) is 0.984. The molecule has 3 rings (SSSR count). The Balaban J connectivity index is 1.91. The minimum absolute atomic E-state index is 0.0271. The van der Waals surface area contributed by atoms with Crippen molar-refractivity contribution in [2.75, 3.05) is 0 Å². The van der Waals surface area contributed by atoms with Crippen molar-refractivity contribution in [1.29, 1.82) is 0 Å². The first-order valence-electron chi connectivity index (χ1n) is 6.78. The zero-order chi connectivity index (χ0) is 14.1. The van der Waals surface area contributed by atoms with Crippen LogP contribution in [0.2, 0.25) is 0 Å². The van der Waals surface area contributed by atoms with Gasteiger partial charge in [0.25, 0.3) is 17.2 Å². The van der Waals surface area contributed by atoms with Crippen molar-refractivity contribution < 1.29 is 9.32 Å². The molecule has 1 aliphatic rings. The molecular weight excluding hydrogens is 260 g/mol. The summed E-state index contributed by atoms with van der Waals surface area (Å²) in [7, 11) is 1.57. The van der Waals surface area contributed by atoms with E-state index in [4.69, 9.17) is 4.52 Å². The topological polar surface area (TPSA) is 90.0 Å². The largest absolute Gasteiger partial charge is 0.348 e. The monoisotopic (exact) mass is 276 g/mol. The highest BCUT2D eigenvalue weighted by Crippen LogP contribution is 2.18. The first kappa shape index (κ1) is 12.8. The Kier molecular flexibility index (Phi) is 3.25. The predicted molar refractivity (Wildman–Crippen MR) is 71.4 cm³/mol. The Hall–Kier alpha value is -2.18. The molecule has 0 aromatic carbocycles. The third-order valence-electron chi connectivity index (χ3n) is 3.71. The van der Waals surface area contributed by atoms with Crippen LogP contribution in [0.3, 0.4) is 0 Å². The first-order valence-corrected chi connectivity index (χ1v) is 6.78. The molecule has 20 heavy (non-hydrogen) atoms. The van der Waals surface area contributed by atoms with Gasteiger partial charge in [-0.25, -0.2) is 4.98 Å². The molecule has 2 heterocycles. The number of fused-ring (bicyclic) bond motifs is 1. The van der Waals surface area contributed by atoms with Gasteiger partial charge < -0.3 is 14.4 Å². The van der Waals surface area contributed by atoms with Crippen molar-refractivity contribution in [3.05, 3.63) is 22.4 Å². The van der Waals surface area contributed by atoms with Crippen LogP contribution < -0.4 is 10.9 Å². The Morgan fingerprint density at radius 3 is 2.90 bits per heavy atom. The molecule has 0 radical (unpaired) electrons. The average Bonchev–Trinajstić information content (AvgIpc) is 2.89. The van der Waals surface area contributed by atoms with E-state index in [0.717, 1.165) is 25.7 Å². The zero-order valence-corrected chi connectivity index (χ0v) is 11.3. The molecule has 106 valence electrons. The molecule has 2 aromatic heterocycles. The van der Waals surface area contributed by atoms with Crippen molar-refractivity contribution in [2.45, 2.75) is 38.1 Å². The second-order valence-electron chi connectivity index (χ2n) is 5.18. The number of carbonyl (C=O) groups excluding carboxylic acids is 1. The average molecular weight is 276 g/mol. The summed E-state index contributed by atoms with van der Waals surface area (Å²) in [6.45, 7) is 0. The quantitative estimate of drug-likeness (QED) is 0.883. The number of aryl methyl sites for hydroxylation is 1. The minimum Gasteiger partial charge on any atom is -0.348 e. The number of aromatic nitrogens is 3. The van der Waals surface area contributed by atoms with Crippen molar-refractivity contribution >= 4 is 17.0 Å². The lowest BCUT2D eigenvalue weighted by Crippen LogP contribution is -2.36. The Bertz CT molecular complexity index is 697. The summed E-state index contributed by atoms with van der Waals surface area (Å²) in [4.78, 5) is 28.2. The van der Waals surface area contributed by atoms with E-state index in [1.165, 1.54) is 17.3 Å². The van der Waals surface area contributed by atoms with Gasteiger partial charge in [-0.2, -0.15) is 0 Å². The number of carbonyl (C=O) groups is 1. The SMILES string of the molecule is Cn1cnc2onc(C(=O)NC3CCCCC3)c2c1=O. The van der Waals surface area contributed by atoms with Crippen LogP contribution in [0.1, 0.15) is 42.6 Å². The molecule has 7 heteroatoms. The lowest BCUT2D eigenvalue weighted by Gasteiger charge is -2.22. The first-order chi connectivity index (χ1) is 9.66. The zero-order valence-electron chi connectivity index (χ0n) is 11.3. The van der Waals surface area contributed by atoms with E-state index in [-0.39, 0.29) is 34.3 Å². The summed E-state index contributed by atoms with van der Waals surface area (Å²) in [6.07, 6.45) is 6.74. The number of hydrogen-bond donors (Lipinski definition) is 1. The maximum atomic E-state index is 12.2. The van der Waals surface area contributed by atoms with E-state index < -0.39 is 0 Å². The molecule has 1 fully saturated rings. The summed E-state index contributed by atoms with van der Waals surface area (Å²) < 4.78 is 6.26. The van der Waals surface area contributed by atoms with Crippen molar-refractivity contribution in [2.24, 2.45) is 7.05 Å². The summed E-state index contributed by atoms with van der Waals surface area (Å²) in [5, 5.41) is 6.76. The van der Waals surface area contributed by atoms with E-state index in [1.54, 1.807) is 7.05 Å². The number of nitrogens with zero attached hydrogens (tertiary/aromatic N) is 3. The van der Waals surface area contributed by atoms with Crippen molar-refractivity contribution in [3.63, 3.8) is 0 Å². The van der Waals surface area contributed by atoms with E-state index in [0.29, 0.717) is 0 Å². The van der Waals surface area contributed by atoms with Gasteiger partial charge in [-0.15, -0.1) is 0 Å². The molecule has 7 nitrogen and oxygen atoms in total. The molecule has 0 saturated heterocycles. The van der Waals surface area contributed by atoms with Gasteiger partial charge in [-0.3, -0.25) is 9.59 Å². The lowest BCUT2D eigenvalue weighted by atomic mass is 9.95. The van der Waals surface area contributed by atoms with E-state index in [9.17, 15) is 9.59 Å². The molecule has 0 unspecified atom stereocenters. The molecule has 0 aliphatic heterocycles. The van der Waals surface area contributed by atoms with Crippen LogP contribution in [0.5, 0.6) is 0 Å². The van der Waals surface area contributed by atoms with Crippen LogP contribution in [-0.4, -0.2) is 26.7 Å². The minimum atomic E-state index is -0.360. The number of rotatable bonds is 2. The smallest absolute Gasteiger partial charge is 0.274 e. The van der Waals surface area contributed by atoms with Gasteiger partial charge in [-0.05, 0) is 12.8 Å². The molecule has 1 saturated carbocycles. The molecule has 2 aromatic rings. The summed E-state index contributed by atoms with van der Waals surface area (Å²) in [5.41, 5.74) is -0.203. The fourth-order valence-corrected chi connectivity index (χ4v) is 2.59. The Labute approximate surface area is 115 Å². The van der Waals surface area contributed by atoms with Crippen molar-refractivity contribution in [1.82, 2.24) is 20.0 Å². The highest BCUT2D eigenvalue weighted by Gasteiger charge is 2.23. The molecule has 0 spiro atoms. The standard InChI is InChI=1S/C13H16N4O3/c1-17-7-14-12-9(13(17)19)10(16-20-12)11(18)15-8-5-3-2-4-6-8/h7-8H,2-6H2,1H3,(H,15,18). The van der Waals surface area contributed by atoms with Crippen LogP contribution in [0, 0.1) is 0 Å².